The summed E-state index contributed by atoms with van der Waals surface area (Å²) in [6.45, 7) is 5.63. The molecule has 0 rings (SSSR count). The minimum Gasteiger partial charge on any atom is -0.464 e. The van der Waals surface area contributed by atoms with Crippen molar-refractivity contribution in [3.8, 4) is 0 Å². The molecular formula is C16H32O3. The molecule has 0 saturated heterocycles. The summed E-state index contributed by atoms with van der Waals surface area (Å²) in [4.78, 5) is 11.2. The van der Waals surface area contributed by atoms with Gasteiger partial charge in [-0.25, -0.2) is 4.79 Å². The van der Waals surface area contributed by atoms with E-state index in [2.05, 4.69) is 13.8 Å². The standard InChI is InChI=1S/C16H32O3/c1-3-5-7-8-9-10-11-12-13-18-15-16(17)19-14-6-4-2/h3-15H2,1-2H3. The van der Waals surface area contributed by atoms with Crippen molar-refractivity contribution in [1.82, 2.24) is 0 Å². The van der Waals surface area contributed by atoms with E-state index in [4.69, 9.17) is 9.47 Å². The van der Waals surface area contributed by atoms with Crippen LogP contribution in [-0.4, -0.2) is 25.8 Å². The molecule has 0 atom stereocenters. The van der Waals surface area contributed by atoms with Crippen LogP contribution in [0.2, 0.25) is 0 Å². The molecule has 0 unspecified atom stereocenters. The summed E-state index contributed by atoms with van der Waals surface area (Å²) in [7, 11) is 0. The number of esters is 1. The molecule has 0 aliphatic carbocycles. The Balaban J connectivity index is 3.07. The Morgan fingerprint density at radius 3 is 1.95 bits per heavy atom. The summed E-state index contributed by atoms with van der Waals surface area (Å²) in [5, 5.41) is 0. The Morgan fingerprint density at radius 2 is 1.32 bits per heavy atom. The smallest absolute Gasteiger partial charge is 0.332 e. The summed E-state index contributed by atoms with van der Waals surface area (Å²) >= 11 is 0. The predicted molar refractivity (Wildman–Crippen MR) is 79.3 cm³/mol. The molecule has 114 valence electrons. The molecule has 0 fully saturated rings. The highest BCUT2D eigenvalue weighted by molar-refractivity contribution is 5.70. The lowest BCUT2D eigenvalue weighted by Gasteiger charge is -2.05. The zero-order valence-corrected chi connectivity index (χ0v) is 12.9. The molecule has 0 radical (unpaired) electrons. The van der Waals surface area contributed by atoms with Gasteiger partial charge in [0, 0.05) is 6.61 Å². The highest BCUT2D eigenvalue weighted by atomic mass is 16.6. The van der Waals surface area contributed by atoms with E-state index < -0.39 is 0 Å². The van der Waals surface area contributed by atoms with Gasteiger partial charge in [-0.15, -0.1) is 0 Å². The SMILES string of the molecule is CCCCCCCCCCOCC(=O)OCCCC. The second-order valence-electron chi connectivity index (χ2n) is 5.10. The first-order valence-electron chi connectivity index (χ1n) is 8.04. The van der Waals surface area contributed by atoms with Crippen molar-refractivity contribution < 1.29 is 14.3 Å². The van der Waals surface area contributed by atoms with Crippen LogP contribution in [0.1, 0.15) is 78.1 Å². The Hall–Kier alpha value is -0.570. The maximum Gasteiger partial charge on any atom is 0.332 e. The zero-order valence-electron chi connectivity index (χ0n) is 12.9. The van der Waals surface area contributed by atoms with E-state index in [9.17, 15) is 4.79 Å². The molecule has 0 bridgehead atoms. The maximum absolute atomic E-state index is 11.2. The average Bonchev–Trinajstić information content (AvgIpc) is 2.41. The van der Waals surface area contributed by atoms with E-state index in [-0.39, 0.29) is 12.6 Å². The van der Waals surface area contributed by atoms with Gasteiger partial charge in [0.15, 0.2) is 0 Å². The maximum atomic E-state index is 11.2. The molecule has 0 saturated carbocycles. The number of unbranched alkanes of at least 4 members (excludes halogenated alkanes) is 8. The monoisotopic (exact) mass is 272 g/mol. The summed E-state index contributed by atoms with van der Waals surface area (Å²) in [6.07, 6.45) is 12.3. The van der Waals surface area contributed by atoms with Gasteiger partial charge >= 0.3 is 5.97 Å². The average molecular weight is 272 g/mol. The lowest BCUT2D eigenvalue weighted by molar-refractivity contribution is -0.149. The van der Waals surface area contributed by atoms with Gasteiger partial charge in [0.2, 0.25) is 0 Å². The normalized spacial score (nSPS) is 10.6. The first-order chi connectivity index (χ1) is 9.31. The van der Waals surface area contributed by atoms with Crippen LogP contribution in [0, 0.1) is 0 Å². The van der Waals surface area contributed by atoms with Crippen molar-refractivity contribution in [2.75, 3.05) is 19.8 Å². The van der Waals surface area contributed by atoms with Crippen LogP contribution in [0.5, 0.6) is 0 Å². The third-order valence-corrected chi connectivity index (χ3v) is 3.12. The summed E-state index contributed by atoms with van der Waals surface area (Å²) in [5.74, 6) is -0.229. The quantitative estimate of drug-likeness (QED) is 0.345. The van der Waals surface area contributed by atoms with Gasteiger partial charge in [0.25, 0.3) is 0 Å². The topological polar surface area (TPSA) is 35.5 Å². The van der Waals surface area contributed by atoms with E-state index in [1.165, 1.54) is 44.9 Å². The van der Waals surface area contributed by atoms with Crippen molar-refractivity contribution in [2.45, 2.75) is 78.1 Å². The largest absolute Gasteiger partial charge is 0.464 e. The predicted octanol–water partition coefficient (Wildman–Crippen LogP) is 4.49. The van der Waals surface area contributed by atoms with Gasteiger partial charge in [-0.05, 0) is 12.8 Å². The minimum atomic E-state index is -0.229. The van der Waals surface area contributed by atoms with E-state index >= 15 is 0 Å². The zero-order chi connectivity index (χ0) is 14.2. The van der Waals surface area contributed by atoms with Gasteiger partial charge < -0.3 is 9.47 Å². The Bertz CT molecular complexity index is 192. The van der Waals surface area contributed by atoms with Crippen molar-refractivity contribution in [3.05, 3.63) is 0 Å². The molecule has 0 aliphatic rings. The van der Waals surface area contributed by atoms with Crippen LogP contribution in [-0.2, 0) is 14.3 Å². The molecule has 0 aromatic rings. The van der Waals surface area contributed by atoms with Gasteiger partial charge in [0.1, 0.15) is 6.61 Å². The lowest BCUT2D eigenvalue weighted by atomic mass is 10.1. The fourth-order valence-electron chi connectivity index (χ4n) is 1.87. The van der Waals surface area contributed by atoms with E-state index in [1.54, 1.807) is 0 Å². The summed E-state index contributed by atoms with van der Waals surface area (Å²) < 4.78 is 10.3. The van der Waals surface area contributed by atoms with Crippen molar-refractivity contribution in [3.63, 3.8) is 0 Å². The van der Waals surface area contributed by atoms with Gasteiger partial charge in [-0.3, -0.25) is 0 Å². The molecule has 0 spiro atoms. The number of ether oxygens (including phenoxy) is 2. The molecule has 3 nitrogen and oxygen atoms in total. The first-order valence-corrected chi connectivity index (χ1v) is 8.04. The fraction of sp³-hybridized carbons (Fsp3) is 0.938. The highest BCUT2D eigenvalue weighted by Crippen LogP contribution is 2.08. The van der Waals surface area contributed by atoms with Crippen LogP contribution in [0.15, 0.2) is 0 Å². The molecule has 0 heterocycles. The molecule has 0 N–H and O–H groups in total. The van der Waals surface area contributed by atoms with Gasteiger partial charge in [0.05, 0.1) is 6.61 Å². The number of rotatable bonds is 14. The fourth-order valence-corrected chi connectivity index (χ4v) is 1.87. The van der Waals surface area contributed by atoms with E-state index in [0.29, 0.717) is 13.2 Å². The van der Waals surface area contributed by atoms with Crippen LogP contribution < -0.4 is 0 Å². The van der Waals surface area contributed by atoms with E-state index in [1.807, 2.05) is 0 Å². The Morgan fingerprint density at radius 1 is 0.737 bits per heavy atom. The molecule has 0 amide bonds. The van der Waals surface area contributed by atoms with Crippen LogP contribution in [0.25, 0.3) is 0 Å². The molecule has 0 aromatic carbocycles. The first kappa shape index (κ1) is 18.4. The molecular weight excluding hydrogens is 240 g/mol. The minimum absolute atomic E-state index is 0.111. The molecule has 19 heavy (non-hydrogen) atoms. The van der Waals surface area contributed by atoms with E-state index in [0.717, 1.165) is 19.3 Å². The van der Waals surface area contributed by atoms with Crippen LogP contribution in [0.4, 0.5) is 0 Å². The molecule has 0 aliphatic heterocycles. The number of hydrogen-bond donors (Lipinski definition) is 0. The number of carbonyl (C=O) groups is 1. The number of carbonyl (C=O) groups excluding carboxylic acids is 1. The van der Waals surface area contributed by atoms with Gasteiger partial charge in [-0.2, -0.15) is 0 Å². The summed E-state index contributed by atoms with van der Waals surface area (Å²) in [6, 6.07) is 0. The van der Waals surface area contributed by atoms with Crippen molar-refractivity contribution >= 4 is 5.97 Å². The lowest BCUT2D eigenvalue weighted by Crippen LogP contribution is -2.13. The van der Waals surface area contributed by atoms with Crippen molar-refractivity contribution in [2.24, 2.45) is 0 Å². The van der Waals surface area contributed by atoms with Gasteiger partial charge in [-0.1, -0.05) is 65.2 Å². The third-order valence-electron chi connectivity index (χ3n) is 3.12. The second-order valence-corrected chi connectivity index (χ2v) is 5.10. The summed E-state index contributed by atoms with van der Waals surface area (Å²) in [5.41, 5.74) is 0. The number of hydrogen-bond acceptors (Lipinski definition) is 3. The Kier molecular flexibility index (Phi) is 15.0. The van der Waals surface area contributed by atoms with Crippen LogP contribution >= 0.6 is 0 Å². The second kappa shape index (κ2) is 15.5. The highest BCUT2D eigenvalue weighted by Gasteiger charge is 2.01. The third kappa shape index (κ3) is 15.4. The molecule has 0 aromatic heterocycles. The van der Waals surface area contributed by atoms with Crippen molar-refractivity contribution in [1.29, 1.82) is 0 Å². The molecule has 3 heteroatoms. The van der Waals surface area contributed by atoms with Crippen LogP contribution in [0.3, 0.4) is 0 Å². The Labute approximate surface area is 119 Å².